The van der Waals surface area contributed by atoms with E-state index in [9.17, 15) is 9.59 Å². The predicted octanol–water partition coefficient (Wildman–Crippen LogP) is 2.13. The standard InChI is InChI=1S/C17H18N2O5S/c1-23-12-4-2-11(3-5-12)16-18-9-14(25-16)17(22)19-6-7-24-13(10-19)8-15(20)21/h2-5,9,13H,6-8,10H2,1H3,(H,20,21). The van der Waals surface area contributed by atoms with E-state index in [1.807, 2.05) is 24.3 Å². The summed E-state index contributed by atoms with van der Waals surface area (Å²) >= 11 is 1.32. The van der Waals surface area contributed by atoms with E-state index in [0.29, 0.717) is 18.0 Å². The lowest BCUT2D eigenvalue weighted by atomic mass is 10.2. The fourth-order valence-electron chi connectivity index (χ4n) is 2.62. The topological polar surface area (TPSA) is 89.0 Å². The molecule has 7 nitrogen and oxygen atoms in total. The van der Waals surface area contributed by atoms with Crippen LogP contribution in [0, 0.1) is 0 Å². The van der Waals surface area contributed by atoms with Gasteiger partial charge in [0.1, 0.15) is 15.6 Å². The van der Waals surface area contributed by atoms with Crippen LogP contribution < -0.4 is 4.74 Å². The molecular formula is C17H18N2O5S. The molecule has 0 saturated carbocycles. The molecule has 1 saturated heterocycles. The lowest BCUT2D eigenvalue weighted by molar-refractivity contribution is -0.141. The van der Waals surface area contributed by atoms with Crippen LogP contribution in [0.4, 0.5) is 0 Å². The minimum Gasteiger partial charge on any atom is -0.497 e. The zero-order valence-electron chi connectivity index (χ0n) is 13.7. The zero-order valence-corrected chi connectivity index (χ0v) is 14.5. The number of methoxy groups -OCH3 is 1. The van der Waals surface area contributed by atoms with Gasteiger partial charge in [0.15, 0.2) is 0 Å². The molecule has 1 N–H and O–H groups in total. The molecular weight excluding hydrogens is 344 g/mol. The van der Waals surface area contributed by atoms with Crippen LogP contribution in [0.2, 0.25) is 0 Å². The molecule has 1 aromatic carbocycles. The van der Waals surface area contributed by atoms with Gasteiger partial charge in [-0.25, -0.2) is 4.98 Å². The first-order valence-corrected chi connectivity index (χ1v) is 8.61. The third-order valence-corrected chi connectivity index (χ3v) is 4.92. The van der Waals surface area contributed by atoms with Gasteiger partial charge in [-0.1, -0.05) is 0 Å². The Morgan fingerprint density at radius 2 is 2.16 bits per heavy atom. The van der Waals surface area contributed by atoms with Gasteiger partial charge in [0, 0.05) is 18.7 Å². The number of morpholine rings is 1. The van der Waals surface area contributed by atoms with Crippen molar-refractivity contribution in [3.05, 3.63) is 35.3 Å². The van der Waals surface area contributed by atoms with Crippen LogP contribution in [0.15, 0.2) is 30.5 Å². The quantitative estimate of drug-likeness (QED) is 0.877. The van der Waals surface area contributed by atoms with E-state index in [4.69, 9.17) is 14.6 Å². The second-order valence-corrected chi connectivity index (χ2v) is 6.63. The van der Waals surface area contributed by atoms with Crippen LogP contribution >= 0.6 is 11.3 Å². The molecule has 0 spiro atoms. The summed E-state index contributed by atoms with van der Waals surface area (Å²) in [5.74, 6) is -0.316. The average molecular weight is 362 g/mol. The molecule has 2 heterocycles. The summed E-state index contributed by atoms with van der Waals surface area (Å²) in [6.45, 7) is 1.07. The number of carbonyl (C=O) groups is 2. The number of ether oxygens (including phenoxy) is 2. The number of carboxylic acids is 1. The summed E-state index contributed by atoms with van der Waals surface area (Å²) in [6, 6.07) is 7.47. The number of rotatable bonds is 5. The van der Waals surface area contributed by atoms with Crippen LogP contribution in [0.25, 0.3) is 10.6 Å². The monoisotopic (exact) mass is 362 g/mol. The summed E-state index contributed by atoms with van der Waals surface area (Å²) in [5, 5.41) is 9.63. The number of hydrogen-bond acceptors (Lipinski definition) is 6. The van der Waals surface area contributed by atoms with Gasteiger partial charge < -0.3 is 19.5 Å². The second-order valence-electron chi connectivity index (χ2n) is 5.60. The summed E-state index contributed by atoms with van der Waals surface area (Å²) in [5.41, 5.74) is 0.913. The SMILES string of the molecule is COc1ccc(-c2ncc(C(=O)N3CCOC(CC(=O)O)C3)s2)cc1. The van der Waals surface area contributed by atoms with Gasteiger partial charge in [-0.2, -0.15) is 0 Å². The Morgan fingerprint density at radius 3 is 2.84 bits per heavy atom. The second kappa shape index (κ2) is 7.62. The Labute approximate surface area is 148 Å². The fraction of sp³-hybridized carbons (Fsp3) is 0.353. The number of amides is 1. The molecule has 8 heteroatoms. The summed E-state index contributed by atoms with van der Waals surface area (Å²) in [6.07, 6.45) is 0.988. The predicted molar refractivity (Wildman–Crippen MR) is 92.0 cm³/mol. The van der Waals surface area contributed by atoms with E-state index in [1.54, 1.807) is 18.2 Å². The van der Waals surface area contributed by atoms with Crippen LogP contribution in [-0.2, 0) is 9.53 Å². The van der Waals surface area contributed by atoms with Gasteiger partial charge in [-0.05, 0) is 24.3 Å². The van der Waals surface area contributed by atoms with Crippen molar-refractivity contribution in [1.29, 1.82) is 0 Å². The van der Waals surface area contributed by atoms with E-state index in [1.165, 1.54) is 11.3 Å². The van der Waals surface area contributed by atoms with Gasteiger partial charge in [0.05, 0.1) is 32.4 Å². The van der Waals surface area contributed by atoms with Crippen molar-refractivity contribution in [3.8, 4) is 16.3 Å². The number of aromatic nitrogens is 1. The molecule has 0 bridgehead atoms. The fourth-order valence-corrected chi connectivity index (χ4v) is 3.51. The Kier molecular flexibility index (Phi) is 5.30. The number of benzene rings is 1. The maximum absolute atomic E-state index is 12.6. The van der Waals surface area contributed by atoms with Gasteiger partial charge in [0.25, 0.3) is 5.91 Å². The molecule has 1 fully saturated rings. The van der Waals surface area contributed by atoms with Crippen LogP contribution in [0.5, 0.6) is 5.75 Å². The molecule has 2 aromatic rings. The minimum absolute atomic E-state index is 0.108. The first-order chi connectivity index (χ1) is 12.1. The van der Waals surface area contributed by atoms with Gasteiger partial charge >= 0.3 is 5.97 Å². The average Bonchev–Trinajstić information content (AvgIpc) is 3.11. The Bertz CT molecular complexity index is 759. The van der Waals surface area contributed by atoms with Crippen LogP contribution in [0.3, 0.4) is 0 Å². The van der Waals surface area contributed by atoms with Crippen molar-refractivity contribution >= 4 is 23.2 Å². The molecule has 1 unspecified atom stereocenters. The molecule has 3 rings (SSSR count). The molecule has 1 aliphatic heterocycles. The molecule has 132 valence electrons. The van der Waals surface area contributed by atoms with E-state index < -0.39 is 12.1 Å². The van der Waals surface area contributed by atoms with Crippen molar-refractivity contribution in [1.82, 2.24) is 9.88 Å². The maximum atomic E-state index is 12.6. The van der Waals surface area contributed by atoms with Crippen molar-refractivity contribution in [3.63, 3.8) is 0 Å². The number of carboxylic acid groups (broad SMARTS) is 1. The van der Waals surface area contributed by atoms with Crippen LogP contribution in [0.1, 0.15) is 16.1 Å². The number of nitrogens with zero attached hydrogens (tertiary/aromatic N) is 2. The lowest BCUT2D eigenvalue weighted by Gasteiger charge is -2.31. The summed E-state index contributed by atoms with van der Waals surface area (Å²) in [4.78, 5) is 30.0. The van der Waals surface area contributed by atoms with Gasteiger partial charge in [-0.3, -0.25) is 9.59 Å². The van der Waals surface area contributed by atoms with E-state index in [2.05, 4.69) is 4.98 Å². The van der Waals surface area contributed by atoms with Crippen molar-refractivity contribution in [2.24, 2.45) is 0 Å². The van der Waals surface area contributed by atoms with Gasteiger partial charge in [0.2, 0.25) is 0 Å². The molecule has 1 amide bonds. The van der Waals surface area contributed by atoms with E-state index >= 15 is 0 Å². The molecule has 1 atom stereocenters. The first kappa shape index (κ1) is 17.4. The number of thiazole rings is 1. The highest BCUT2D eigenvalue weighted by Gasteiger charge is 2.27. The third kappa shape index (κ3) is 4.15. The van der Waals surface area contributed by atoms with Gasteiger partial charge in [-0.15, -0.1) is 11.3 Å². The number of carbonyl (C=O) groups excluding carboxylic acids is 1. The highest BCUT2D eigenvalue weighted by Crippen LogP contribution is 2.28. The molecule has 0 aliphatic carbocycles. The van der Waals surface area contributed by atoms with Crippen molar-refractivity contribution in [2.45, 2.75) is 12.5 Å². The Morgan fingerprint density at radius 1 is 1.40 bits per heavy atom. The normalized spacial score (nSPS) is 17.3. The Hall–Kier alpha value is -2.45. The molecule has 25 heavy (non-hydrogen) atoms. The van der Waals surface area contributed by atoms with E-state index in [-0.39, 0.29) is 18.9 Å². The van der Waals surface area contributed by atoms with Crippen LogP contribution in [-0.4, -0.2) is 59.8 Å². The molecule has 0 radical (unpaired) electrons. The third-order valence-electron chi connectivity index (χ3n) is 3.88. The zero-order chi connectivity index (χ0) is 17.8. The first-order valence-electron chi connectivity index (χ1n) is 7.79. The van der Waals surface area contributed by atoms with Crippen molar-refractivity contribution < 1.29 is 24.2 Å². The van der Waals surface area contributed by atoms with E-state index in [0.717, 1.165) is 16.3 Å². The number of hydrogen-bond donors (Lipinski definition) is 1. The largest absolute Gasteiger partial charge is 0.497 e. The highest BCUT2D eigenvalue weighted by molar-refractivity contribution is 7.16. The summed E-state index contributed by atoms with van der Waals surface area (Å²) in [7, 11) is 1.61. The number of aliphatic carboxylic acids is 1. The maximum Gasteiger partial charge on any atom is 0.306 e. The van der Waals surface area contributed by atoms with Crippen molar-refractivity contribution in [2.75, 3.05) is 26.8 Å². The Balaban J connectivity index is 1.70. The lowest BCUT2D eigenvalue weighted by Crippen LogP contribution is -2.46. The smallest absolute Gasteiger partial charge is 0.306 e. The minimum atomic E-state index is -0.932. The highest BCUT2D eigenvalue weighted by atomic mass is 32.1. The molecule has 1 aliphatic rings. The summed E-state index contributed by atoms with van der Waals surface area (Å²) < 4.78 is 10.5. The molecule has 1 aromatic heterocycles.